The van der Waals surface area contributed by atoms with E-state index in [2.05, 4.69) is 5.32 Å². The molecule has 2 nitrogen and oxygen atoms in total. The number of halogens is 3. The second-order valence-electron chi connectivity index (χ2n) is 4.76. The van der Waals surface area contributed by atoms with E-state index >= 15 is 0 Å². The third-order valence-electron chi connectivity index (χ3n) is 3.07. The van der Waals surface area contributed by atoms with E-state index in [0.29, 0.717) is 0 Å². The summed E-state index contributed by atoms with van der Waals surface area (Å²) in [7, 11) is 0. The number of rotatable bonds is 4. The molecule has 21 heavy (non-hydrogen) atoms. The van der Waals surface area contributed by atoms with Gasteiger partial charge in [0.2, 0.25) is 0 Å². The molecular weight excluding hydrogens is 279 g/mol. The van der Waals surface area contributed by atoms with Gasteiger partial charge < -0.3 is 5.32 Å². The smallest absolute Gasteiger partial charge is 0.254 e. The molecule has 1 atom stereocenters. The molecule has 2 rings (SSSR count). The highest BCUT2D eigenvalue weighted by Gasteiger charge is 2.16. The van der Waals surface area contributed by atoms with Crippen LogP contribution in [0.1, 0.15) is 22.8 Å². The van der Waals surface area contributed by atoms with E-state index in [1.807, 2.05) is 0 Å². The molecule has 0 aliphatic rings. The highest BCUT2D eigenvalue weighted by molar-refractivity contribution is 5.94. The van der Waals surface area contributed by atoms with E-state index in [9.17, 15) is 18.0 Å². The number of hydrogen-bond acceptors (Lipinski definition) is 1. The highest BCUT2D eigenvalue weighted by atomic mass is 19.1. The zero-order valence-corrected chi connectivity index (χ0v) is 11.4. The van der Waals surface area contributed by atoms with E-state index in [-0.39, 0.29) is 17.5 Å². The summed E-state index contributed by atoms with van der Waals surface area (Å²) in [6.45, 7) is 1.60. The number of hydrogen-bond donors (Lipinski definition) is 1. The van der Waals surface area contributed by atoms with E-state index < -0.39 is 29.4 Å². The molecule has 110 valence electrons. The minimum Gasteiger partial charge on any atom is -0.349 e. The van der Waals surface area contributed by atoms with Crippen LogP contribution in [0.2, 0.25) is 0 Å². The van der Waals surface area contributed by atoms with Gasteiger partial charge in [-0.1, -0.05) is 18.2 Å². The van der Waals surface area contributed by atoms with Crippen LogP contribution < -0.4 is 5.32 Å². The second kappa shape index (κ2) is 6.43. The fraction of sp³-hybridized carbons (Fsp3) is 0.188. The number of carbonyl (C=O) groups excluding carboxylic acids is 1. The van der Waals surface area contributed by atoms with Crippen molar-refractivity contribution in [3.8, 4) is 0 Å². The Bertz CT molecular complexity index is 637. The Morgan fingerprint density at radius 2 is 1.57 bits per heavy atom. The molecule has 0 aromatic heterocycles. The summed E-state index contributed by atoms with van der Waals surface area (Å²) in [5.74, 6) is -2.58. The van der Waals surface area contributed by atoms with Gasteiger partial charge in [0.05, 0.1) is 5.56 Å². The van der Waals surface area contributed by atoms with Crippen LogP contribution in [0.15, 0.2) is 42.5 Å². The minimum atomic E-state index is -0.665. The largest absolute Gasteiger partial charge is 0.349 e. The van der Waals surface area contributed by atoms with Crippen LogP contribution in [0.4, 0.5) is 13.2 Å². The van der Waals surface area contributed by atoms with Crippen molar-refractivity contribution in [2.24, 2.45) is 0 Å². The van der Waals surface area contributed by atoms with Crippen molar-refractivity contribution in [1.29, 1.82) is 0 Å². The van der Waals surface area contributed by atoms with Gasteiger partial charge in [-0.3, -0.25) is 4.79 Å². The van der Waals surface area contributed by atoms with Gasteiger partial charge in [0.15, 0.2) is 0 Å². The minimum absolute atomic E-state index is 0.0152. The van der Waals surface area contributed by atoms with Crippen LogP contribution in [-0.2, 0) is 6.42 Å². The summed E-state index contributed by atoms with van der Waals surface area (Å²) in [6.07, 6.45) is -0.0152. The summed E-state index contributed by atoms with van der Waals surface area (Å²) in [5.41, 5.74) is -0.197. The van der Waals surface area contributed by atoms with Crippen LogP contribution in [0.5, 0.6) is 0 Å². The first-order valence-corrected chi connectivity index (χ1v) is 6.47. The molecule has 0 spiro atoms. The lowest BCUT2D eigenvalue weighted by molar-refractivity contribution is 0.0935. The van der Waals surface area contributed by atoms with Gasteiger partial charge in [0.1, 0.15) is 17.5 Å². The van der Waals surface area contributed by atoms with E-state index in [0.717, 1.165) is 12.1 Å². The SMILES string of the molecule is CC(Cc1c(F)cccc1F)NC(=O)c1ccccc1F. The Labute approximate surface area is 120 Å². The van der Waals surface area contributed by atoms with Crippen LogP contribution in [0.25, 0.3) is 0 Å². The molecule has 0 heterocycles. The van der Waals surface area contributed by atoms with E-state index in [4.69, 9.17) is 0 Å². The first-order chi connectivity index (χ1) is 9.99. The third-order valence-corrected chi connectivity index (χ3v) is 3.07. The molecule has 1 amide bonds. The zero-order chi connectivity index (χ0) is 15.4. The summed E-state index contributed by atoms with van der Waals surface area (Å²) >= 11 is 0. The third kappa shape index (κ3) is 3.62. The summed E-state index contributed by atoms with van der Waals surface area (Å²) in [6, 6.07) is 8.59. The predicted octanol–water partition coefficient (Wildman–Crippen LogP) is 3.46. The van der Waals surface area contributed by atoms with E-state index in [1.54, 1.807) is 13.0 Å². The van der Waals surface area contributed by atoms with Gasteiger partial charge in [-0.05, 0) is 37.6 Å². The average molecular weight is 293 g/mol. The van der Waals surface area contributed by atoms with Gasteiger partial charge in [0.25, 0.3) is 5.91 Å². The van der Waals surface area contributed by atoms with Crippen LogP contribution in [0.3, 0.4) is 0 Å². The molecule has 1 unspecified atom stereocenters. The second-order valence-corrected chi connectivity index (χ2v) is 4.76. The van der Waals surface area contributed by atoms with Gasteiger partial charge in [-0.2, -0.15) is 0 Å². The maximum Gasteiger partial charge on any atom is 0.254 e. The maximum absolute atomic E-state index is 13.5. The normalized spacial score (nSPS) is 12.0. The fourth-order valence-corrected chi connectivity index (χ4v) is 2.03. The van der Waals surface area contributed by atoms with Gasteiger partial charge in [-0.25, -0.2) is 13.2 Å². The highest BCUT2D eigenvalue weighted by Crippen LogP contribution is 2.14. The van der Waals surface area contributed by atoms with Crippen molar-refractivity contribution in [2.75, 3.05) is 0 Å². The van der Waals surface area contributed by atoms with Crippen molar-refractivity contribution in [3.05, 3.63) is 71.0 Å². The lowest BCUT2D eigenvalue weighted by atomic mass is 10.1. The van der Waals surface area contributed by atoms with Crippen LogP contribution >= 0.6 is 0 Å². The monoisotopic (exact) mass is 293 g/mol. The predicted molar refractivity (Wildman–Crippen MR) is 73.4 cm³/mol. The van der Waals surface area contributed by atoms with Crippen LogP contribution in [-0.4, -0.2) is 11.9 Å². The first-order valence-electron chi connectivity index (χ1n) is 6.47. The number of benzene rings is 2. The van der Waals surface area contributed by atoms with E-state index in [1.165, 1.54) is 24.3 Å². The number of carbonyl (C=O) groups is 1. The van der Waals surface area contributed by atoms with Crippen LogP contribution in [0, 0.1) is 17.5 Å². The Balaban J connectivity index is 2.07. The summed E-state index contributed by atoms with van der Waals surface area (Å²) < 4.78 is 40.5. The van der Waals surface area contributed by atoms with Crippen molar-refractivity contribution in [2.45, 2.75) is 19.4 Å². The fourth-order valence-electron chi connectivity index (χ4n) is 2.03. The standard InChI is InChI=1S/C16H14F3NO/c1-10(9-12-14(18)7-4-8-15(12)19)20-16(21)11-5-2-3-6-13(11)17/h2-8,10H,9H2,1H3,(H,20,21). The molecule has 0 radical (unpaired) electrons. The molecule has 0 aliphatic heterocycles. The van der Waals surface area contributed by atoms with Crippen molar-refractivity contribution in [3.63, 3.8) is 0 Å². The van der Waals surface area contributed by atoms with Crippen molar-refractivity contribution < 1.29 is 18.0 Å². The Kier molecular flexibility index (Phi) is 4.62. The van der Waals surface area contributed by atoms with Gasteiger partial charge in [-0.15, -0.1) is 0 Å². The number of nitrogens with one attached hydrogen (secondary N) is 1. The molecule has 5 heteroatoms. The summed E-state index contributed by atoms with van der Waals surface area (Å²) in [5, 5.41) is 2.53. The molecule has 0 bridgehead atoms. The maximum atomic E-state index is 13.5. The quantitative estimate of drug-likeness (QED) is 0.919. The Morgan fingerprint density at radius 1 is 1.00 bits per heavy atom. The molecular formula is C16H14F3NO. The van der Waals surface area contributed by atoms with Gasteiger partial charge in [0, 0.05) is 11.6 Å². The molecule has 2 aromatic carbocycles. The van der Waals surface area contributed by atoms with Crippen molar-refractivity contribution in [1.82, 2.24) is 5.32 Å². The molecule has 1 N–H and O–H groups in total. The molecule has 0 saturated carbocycles. The topological polar surface area (TPSA) is 29.1 Å². The first kappa shape index (κ1) is 15.1. The Morgan fingerprint density at radius 3 is 2.19 bits per heavy atom. The van der Waals surface area contributed by atoms with Crippen molar-refractivity contribution >= 4 is 5.91 Å². The zero-order valence-electron chi connectivity index (χ0n) is 11.4. The molecule has 0 saturated heterocycles. The molecule has 2 aromatic rings. The van der Waals surface area contributed by atoms with Gasteiger partial charge >= 0.3 is 0 Å². The molecule has 0 fully saturated rings. The Hall–Kier alpha value is -2.30. The lowest BCUT2D eigenvalue weighted by Gasteiger charge is -2.15. The number of amides is 1. The lowest BCUT2D eigenvalue weighted by Crippen LogP contribution is -2.35. The summed E-state index contributed by atoms with van der Waals surface area (Å²) in [4.78, 5) is 11.9. The molecule has 0 aliphatic carbocycles. The average Bonchev–Trinajstić information content (AvgIpc) is 2.43.